The van der Waals surface area contributed by atoms with Gasteiger partial charge in [0, 0.05) is 20.9 Å². The Kier molecular flexibility index (Phi) is 3.61. The lowest BCUT2D eigenvalue weighted by molar-refractivity contribution is 1.74. The lowest BCUT2D eigenvalue weighted by Gasteiger charge is -2.11. The van der Waals surface area contributed by atoms with Gasteiger partial charge in [0.15, 0.2) is 0 Å². The lowest BCUT2D eigenvalue weighted by Crippen LogP contribution is -1.84. The maximum Gasteiger partial charge on any atom is 0.0349 e. The van der Waals surface area contributed by atoms with Gasteiger partial charge in [-0.25, -0.2) is 0 Å². The molecule has 28 heavy (non-hydrogen) atoms. The van der Waals surface area contributed by atoms with E-state index in [1.54, 1.807) is 22.7 Å². The molecule has 0 N–H and O–H groups in total. The predicted molar refractivity (Wildman–Crippen MR) is 126 cm³/mol. The van der Waals surface area contributed by atoms with Crippen LogP contribution in [0.1, 0.15) is 0 Å². The summed E-state index contributed by atoms with van der Waals surface area (Å²) in [5.74, 6) is 0. The molecule has 0 aliphatic carbocycles. The summed E-state index contributed by atoms with van der Waals surface area (Å²) in [4.78, 5) is 2.65. The van der Waals surface area contributed by atoms with Gasteiger partial charge in [-0.15, -0.1) is 22.7 Å². The average Bonchev–Trinajstić information content (AvgIpc) is 3.44. The molecule has 0 aliphatic heterocycles. The van der Waals surface area contributed by atoms with Crippen LogP contribution in [0.5, 0.6) is 0 Å². The highest BCUT2D eigenvalue weighted by atomic mass is 32.1. The van der Waals surface area contributed by atoms with Gasteiger partial charge in [-0.2, -0.15) is 0 Å². The second-order valence-electron chi connectivity index (χ2n) is 7.10. The van der Waals surface area contributed by atoms with Crippen molar-refractivity contribution in [1.82, 2.24) is 0 Å². The first-order valence-electron chi connectivity index (χ1n) is 9.33. The molecule has 6 rings (SSSR count). The largest absolute Gasteiger partial charge is 0.144 e. The smallest absolute Gasteiger partial charge is 0.0349 e. The number of hydrogen-bond acceptors (Lipinski definition) is 2. The number of thiophene rings is 2. The third kappa shape index (κ3) is 2.57. The molecule has 0 saturated carbocycles. The maximum atomic E-state index is 2.37. The molecule has 0 nitrogen and oxygen atoms in total. The van der Waals surface area contributed by atoms with Crippen molar-refractivity contribution in [2.45, 2.75) is 0 Å². The summed E-state index contributed by atoms with van der Waals surface area (Å²) in [5, 5.41) is 12.1. The van der Waals surface area contributed by atoms with Crippen LogP contribution >= 0.6 is 22.7 Å². The maximum absolute atomic E-state index is 2.37. The molecule has 6 aromatic rings. The molecule has 0 bridgehead atoms. The van der Waals surface area contributed by atoms with E-state index in [4.69, 9.17) is 0 Å². The SMILES string of the molecule is c1csc(-c2cc3cc4cc5ccccc5cc4cc3cc2-c2cccs2)c1. The summed E-state index contributed by atoms with van der Waals surface area (Å²) in [6.07, 6.45) is 0. The Morgan fingerprint density at radius 2 is 0.821 bits per heavy atom. The van der Waals surface area contributed by atoms with Crippen LogP contribution in [0.2, 0.25) is 0 Å². The van der Waals surface area contributed by atoms with E-state index < -0.39 is 0 Å². The van der Waals surface area contributed by atoms with E-state index in [2.05, 4.69) is 95.7 Å². The zero-order valence-electron chi connectivity index (χ0n) is 15.1. The van der Waals surface area contributed by atoms with E-state index >= 15 is 0 Å². The standard InChI is InChI=1S/C26H16S2/c1-2-6-18-12-20-14-22-16-24(26-8-4-10-28-26)23(25-7-3-9-27-25)15-21(22)13-19(20)11-17(18)5-1/h1-16H. The predicted octanol–water partition coefficient (Wildman–Crippen LogP) is 8.60. The van der Waals surface area contributed by atoms with Crippen molar-refractivity contribution in [2.24, 2.45) is 0 Å². The lowest BCUT2D eigenvalue weighted by atomic mass is 9.95. The molecule has 0 unspecified atom stereocenters. The van der Waals surface area contributed by atoms with Gasteiger partial charge in [0.25, 0.3) is 0 Å². The number of hydrogen-bond donors (Lipinski definition) is 0. The zero-order chi connectivity index (χ0) is 18.5. The van der Waals surface area contributed by atoms with Crippen molar-refractivity contribution in [3.05, 3.63) is 95.7 Å². The molecule has 2 aromatic heterocycles. The van der Waals surface area contributed by atoms with E-state index in [1.165, 1.54) is 53.2 Å². The second-order valence-corrected chi connectivity index (χ2v) is 8.99. The van der Waals surface area contributed by atoms with Crippen molar-refractivity contribution in [1.29, 1.82) is 0 Å². The van der Waals surface area contributed by atoms with E-state index in [0.717, 1.165) is 0 Å². The van der Waals surface area contributed by atoms with Gasteiger partial charge in [-0.1, -0.05) is 36.4 Å². The highest BCUT2D eigenvalue weighted by Crippen LogP contribution is 2.40. The van der Waals surface area contributed by atoms with Crippen molar-refractivity contribution >= 4 is 55.0 Å². The summed E-state index contributed by atoms with van der Waals surface area (Å²) in [6, 6.07) is 31.3. The molecule has 2 heterocycles. The van der Waals surface area contributed by atoms with Crippen LogP contribution in [0.15, 0.2) is 95.7 Å². The van der Waals surface area contributed by atoms with Crippen LogP contribution in [-0.4, -0.2) is 0 Å². The van der Waals surface area contributed by atoms with Gasteiger partial charge in [0.2, 0.25) is 0 Å². The Balaban J connectivity index is 1.69. The normalized spacial score (nSPS) is 11.6. The number of benzene rings is 4. The topological polar surface area (TPSA) is 0 Å². The van der Waals surface area contributed by atoms with E-state index in [9.17, 15) is 0 Å². The molecular formula is C26H16S2. The molecule has 0 radical (unpaired) electrons. The molecule has 0 amide bonds. The van der Waals surface area contributed by atoms with Crippen LogP contribution in [-0.2, 0) is 0 Å². The molecule has 4 aromatic carbocycles. The van der Waals surface area contributed by atoms with Crippen LogP contribution in [0.4, 0.5) is 0 Å². The van der Waals surface area contributed by atoms with E-state index in [-0.39, 0.29) is 0 Å². The third-order valence-corrected chi connectivity index (χ3v) is 7.18. The van der Waals surface area contributed by atoms with Crippen LogP contribution < -0.4 is 0 Å². The summed E-state index contributed by atoms with van der Waals surface area (Å²) in [6.45, 7) is 0. The Labute approximate surface area is 171 Å². The minimum atomic E-state index is 1.29. The van der Waals surface area contributed by atoms with Gasteiger partial charge in [0.1, 0.15) is 0 Å². The Morgan fingerprint density at radius 1 is 0.393 bits per heavy atom. The highest BCUT2D eigenvalue weighted by Gasteiger charge is 2.12. The van der Waals surface area contributed by atoms with Crippen LogP contribution in [0.3, 0.4) is 0 Å². The first-order valence-corrected chi connectivity index (χ1v) is 11.1. The summed E-state index contributed by atoms with van der Waals surface area (Å²) in [5.41, 5.74) is 2.65. The fourth-order valence-corrected chi connectivity index (χ4v) is 5.53. The molecular weight excluding hydrogens is 376 g/mol. The number of rotatable bonds is 2. The van der Waals surface area contributed by atoms with E-state index in [0.29, 0.717) is 0 Å². The average molecular weight is 393 g/mol. The quantitative estimate of drug-likeness (QED) is 0.259. The van der Waals surface area contributed by atoms with Gasteiger partial charge in [-0.05, 0) is 91.6 Å². The van der Waals surface area contributed by atoms with E-state index in [1.807, 2.05) is 0 Å². The van der Waals surface area contributed by atoms with Crippen LogP contribution in [0.25, 0.3) is 53.2 Å². The minimum absolute atomic E-state index is 1.29. The minimum Gasteiger partial charge on any atom is -0.144 e. The molecule has 0 atom stereocenters. The molecule has 132 valence electrons. The third-order valence-electron chi connectivity index (χ3n) is 5.37. The van der Waals surface area contributed by atoms with Crippen LogP contribution in [0, 0.1) is 0 Å². The monoisotopic (exact) mass is 392 g/mol. The Morgan fingerprint density at radius 3 is 1.25 bits per heavy atom. The Hall–Kier alpha value is -2.94. The Bertz CT molecular complexity index is 1330. The van der Waals surface area contributed by atoms with Gasteiger partial charge in [0.05, 0.1) is 0 Å². The molecule has 0 spiro atoms. The van der Waals surface area contributed by atoms with Crippen molar-refractivity contribution in [2.75, 3.05) is 0 Å². The molecule has 0 saturated heterocycles. The summed E-state index contributed by atoms with van der Waals surface area (Å²) >= 11 is 3.61. The number of fused-ring (bicyclic) bond motifs is 3. The van der Waals surface area contributed by atoms with Crippen molar-refractivity contribution < 1.29 is 0 Å². The van der Waals surface area contributed by atoms with Crippen molar-refractivity contribution in [3.63, 3.8) is 0 Å². The second kappa shape index (κ2) is 6.30. The zero-order valence-corrected chi connectivity index (χ0v) is 16.7. The van der Waals surface area contributed by atoms with Gasteiger partial charge < -0.3 is 0 Å². The molecule has 0 aliphatic rings. The fraction of sp³-hybridized carbons (Fsp3) is 0. The van der Waals surface area contributed by atoms with Gasteiger partial charge >= 0.3 is 0 Å². The summed E-state index contributed by atoms with van der Waals surface area (Å²) < 4.78 is 0. The molecule has 2 heteroatoms. The molecule has 0 fully saturated rings. The fourth-order valence-electron chi connectivity index (χ4n) is 4.02. The summed E-state index contributed by atoms with van der Waals surface area (Å²) in [7, 11) is 0. The highest BCUT2D eigenvalue weighted by molar-refractivity contribution is 7.14. The first-order chi connectivity index (χ1) is 13.8. The van der Waals surface area contributed by atoms with Gasteiger partial charge in [-0.3, -0.25) is 0 Å². The van der Waals surface area contributed by atoms with Crippen molar-refractivity contribution in [3.8, 4) is 20.9 Å². The first kappa shape index (κ1) is 16.1.